The normalized spacial score (nSPS) is 38.2. The van der Waals surface area contributed by atoms with Crippen LogP contribution in [-0.2, 0) is 4.79 Å². The SMILES string of the molecule is CNC1(C(N)=O)CCCC(C2CC2)C1. The van der Waals surface area contributed by atoms with Gasteiger partial charge in [-0.1, -0.05) is 12.8 Å². The van der Waals surface area contributed by atoms with Crippen LogP contribution < -0.4 is 11.1 Å². The zero-order valence-electron chi connectivity index (χ0n) is 8.88. The highest BCUT2D eigenvalue weighted by Gasteiger charge is 2.44. The summed E-state index contributed by atoms with van der Waals surface area (Å²) in [5.41, 5.74) is 5.10. The maximum atomic E-state index is 11.5. The summed E-state index contributed by atoms with van der Waals surface area (Å²) < 4.78 is 0. The highest BCUT2D eigenvalue weighted by Crippen LogP contribution is 2.46. The Balaban J connectivity index is 2.06. The van der Waals surface area contributed by atoms with Gasteiger partial charge in [-0.25, -0.2) is 0 Å². The topological polar surface area (TPSA) is 55.1 Å². The first-order valence-corrected chi connectivity index (χ1v) is 5.67. The fourth-order valence-electron chi connectivity index (χ4n) is 2.86. The smallest absolute Gasteiger partial charge is 0.237 e. The van der Waals surface area contributed by atoms with Gasteiger partial charge < -0.3 is 11.1 Å². The first-order chi connectivity index (χ1) is 6.68. The first-order valence-electron chi connectivity index (χ1n) is 5.67. The van der Waals surface area contributed by atoms with Gasteiger partial charge in [-0.05, 0) is 44.6 Å². The Kier molecular flexibility index (Phi) is 2.52. The van der Waals surface area contributed by atoms with Gasteiger partial charge in [-0.15, -0.1) is 0 Å². The summed E-state index contributed by atoms with van der Waals surface area (Å²) in [6, 6.07) is 0. The maximum Gasteiger partial charge on any atom is 0.237 e. The van der Waals surface area contributed by atoms with Crippen molar-refractivity contribution in [2.45, 2.75) is 44.1 Å². The van der Waals surface area contributed by atoms with Crippen LogP contribution in [0.15, 0.2) is 0 Å². The standard InChI is InChI=1S/C11H20N2O/c1-13-11(10(12)14)6-2-3-9(7-11)8-4-5-8/h8-9,13H,2-7H2,1H3,(H2,12,14). The van der Waals surface area contributed by atoms with Gasteiger partial charge >= 0.3 is 0 Å². The largest absolute Gasteiger partial charge is 0.368 e. The van der Waals surface area contributed by atoms with Gasteiger partial charge in [0.2, 0.25) is 5.91 Å². The third-order valence-electron chi connectivity index (χ3n) is 4.03. The Morgan fingerprint density at radius 2 is 2.07 bits per heavy atom. The monoisotopic (exact) mass is 196 g/mol. The number of carbonyl (C=O) groups is 1. The van der Waals surface area contributed by atoms with Crippen LogP contribution in [0.1, 0.15) is 38.5 Å². The predicted molar refractivity (Wildman–Crippen MR) is 55.7 cm³/mol. The molecule has 3 N–H and O–H groups in total. The molecule has 0 aromatic rings. The van der Waals surface area contributed by atoms with E-state index in [2.05, 4.69) is 5.32 Å². The minimum atomic E-state index is -0.397. The molecule has 2 unspecified atom stereocenters. The number of primary amides is 1. The fourth-order valence-corrected chi connectivity index (χ4v) is 2.86. The second kappa shape index (κ2) is 3.54. The first kappa shape index (κ1) is 9.97. The Morgan fingerprint density at radius 1 is 1.36 bits per heavy atom. The number of amides is 1. The van der Waals surface area contributed by atoms with Crippen LogP contribution in [0.3, 0.4) is 0 Å². The van der Waals surface area contributed by atoms with E-state index in [0.717, 1.165) is 31.1 Å². The lowest BCUT2D eigenvalue weighted by Crippen LogP contribution is -2.56. The molecule has 0 spiro atoms. The van der Waals surface area contributed by atoms with Crippen molar-refractivity contribution in [1.82, 2.24) is 5.32 Å². The minimum Gasteiger partial charge on any atom is -0.368 e. The zero-order chi connectivity index (χ0) is 10.2. The molecule has 80 valence electrons. The number of likely N-dealkylation sites (N-methyl/N-ethyl adjacent to an activating group) is 1. The molecule has 0 heterocycles. The summed E-state index contributed by atoms with van der Waals surface area (Å²) in [7, 11) is 1.86. The van der Waals surface area contributed by atoms with Crippen LogP contribution in [0.25, 0.3) is 0 Å². The van der Waals surface area contributed by atoms with Crippen molar-refractivity contribution >= 4 is 5.91 Å². The van der Waals surface area contributed by atoms with Crippen LogP contribution in [0.5, 0.6) is 0 Å². The lowest BCUT2D eigenvalue weighted by atomic mass is 9.73. The van der Waals surface area contributed by atoms with E-state index in [1.807, 2.05) is 7.05 Å². The molecule has 2 fully saturated rings. The molecule has 0 aromatic heterocycles. The molecule has 3 nitrogen and oxygen atoms in total. The number of nitrogens with one attached hydrogen (secondary N) is 1. The van der Waals surface area contributed by atoms with Crippen LogP contribution in [0, 0.1) is 11.8 Å². The van der Waals surface area contributed by atoms with Gasteiger partial charge in [-0.3, -0.25) is 4.79 Å². The predicted octanol–water partition coefficient (Wildman–Crippen LogP) is 1.03. The summed E-state index contributed by atoms with van der Waals surface area (Å²) in [4.78, 5) is 11.5. The third-order valence-corrected chi connectivity index (χ3v) is 4.03. The minimum absolute atomic E-state index is 0.162. The highest BCUT2D eigenvalue weighted by molar-refractivity contribution is 5.84. The van der Waals surface area contributed by atoms with Crippen molar-refractivity contribution in [3.8, 4) is 0 Å². The van der Waals surface area contributed by atoms with Crippen molar-refractivity contribution in [3.05, 3.63) is 0 Å². The summed E-state index contributed by atoms with van der Waals surface area (Å²) in [6.45, 7) is 0. The molecule has 14 heavy (non-hydrogen) atoms. The maximum absolute atomic E-state index is 11.5. The molecule has 2 aliphatic carbocycles. The Labute approximate surface area is 85.4 Å². The van der Waals surface area contributed by atoms with Gasteiger partial charge in [0.05, 0.1) is 5.54 Å². The average molecular weight is 196 g/mol. The number of hydrogen-bond acceptors (Lipinski definition) is 2. The van der Waals surface area contributed by atoms with Crippen LogP contribution >= 0.6 is 0 Å². The van der Waals surface area contributed by atoms with E-state index in [9.17, 15) is 4.79 Å². The molecule has 0 bridgehead atoms. The Hall–Kier alpha value is -0.570. The Morgan fingerprint density at radius 3 is 2.57 bits per heavy atom. The number of nitrogens with two attached hydrogens (primary N) is 1. The van der Waals surface area contributed by atoms with E-state index in [-0.39, 0.29) is 5.91 Å². The molecule has 3 heteroatoms. The van der Waals surface area contributed by atoms with Crippen LogP contribution in [0.2, 0.25) is 0 Å². The van der Waals surface area contributed by atoms with Crippen LogP contribution in [-0.4, -0.2) is 18.5 Å². The molecule has 2 saturated carbocycles. The lowest BCUT2D eigenvalue weighted by molar-refractivity contribution is -0.126. The van der Waals surface area contributed by atoms with Crippen molar-refractivity contribution < 1.29 is 4.79 Å². The number of carbonyl (C=O) groups excluding carboxylic acids is 1. The number of rotatable bonds is 3. The second-order valence-corrected chi connectivity index (χ2v) is 4.89. The van der Waals surface area contributed by atoms with E-state index in [1.165, 1.54) is 19.3 Å². The van der Waals surface area contributed by atoms with E-state index in [4.69, 9.17) is 5.73 Å². The van der Waals surface area contributed by atoms with Gasteiger partial charge in [-0.2, -0.15) is 0 Å². The second-order valence-electron chi connectivity index (χ2n) is 4.89. The molecule has 0 radical (unpaired) electrons. The van der Waals surface area contributed by atoms with E-state index < -0.39 is 5.54 Å². The fraction of sp³-hybridized carbons (Fsp3) is 0.909. The summed E-state index contributed by atoms with van der Waals surface area (Å²) in [5.74, 6) is 1.47. The van der Waals surface area contributed by atoms with E-state index in [1.54, 1.807) is 0 Å². The van der Waals surface area contributed by atoms with Gasteiger partial charge in [0.1, 0.15) is 0 Å². The van der Waals surface area contributed by atoms with Crippen LogP contribution in [0.4, 0.5) is 0 Å². The van der Waals surface area contributed by atoms with E-state index in [0.29, 0.717) is 0 Å². The van der Waals surface area contributed by atoms with Gasteiger partial charge in [0, 0.05) is 0 Å². The molecule has 0 aromatic carbocycles. The van der Waals surface area contributed by atoms with Crippen molar-refractivity contribution in [2.24, 2.45) is 17.6 Å². The Bertz CT molecular complexity index is 237. The highest BCUT2D eigenvalue weighted by atomic mass is 16.1. The average Bonchev–Trinajstić information content (AvgIpc) is 3.01. The lowest BCUT2D eigenvalue weighted by Gasteiger charge is -2.38. The molecular weight excluding hydrogens is 176 g/mol. The van der Waals surface area contributed by atoms with Crippen molar-refractivity contribution in [3.63, 3.8) is 0 Å². The third kappa shape index (κ3) is 1.65. The van der Waals surface area contributed by atoms with Crippen molar-refractivity contribution in [1.29, 1.82) is 0 Å². The molecule has 0 aliphatic heterocycles. The van der Waals surface area contributed by atoms with E-state index >= 15 is 0 Å². The number of hydrogen-bond donors (Lipinski definition) is 2. The van der Waals surface area contributed by atoms with Gasteiger partial charge in [0.25, 0.3) is 0 Å². The summed E-state index contributed by atoms with van der Waals surface area (Å²) in [6.07, 6.45) is 7.05. The summed E-state index contributed by atoms with van der Waals surface area (Å²) >= 11 is 0. The summed E-state index contributed by atoms with van der Waals surface area (Å²) in [5, 5.41) is 3.15. The zero-order valence-corrected chi connectivity index (χ0v) is 8.88. The molecular formula is C11H20N2O. The van der Waals surface area contributed by atoms with Crippen molar-refractivity contribution in [2.75, 3.05) is 7.05 Å². The van der Waals surface area contributed by atoms with Gasteiger partial charge in [0.15, 0.2) is 0 Å². The molecule has 2 aliphatic rings. The quantitative estimate of drug-likeness (QED) is 0.708. The molecule has 2 rings (SSSR count). The molecule has 1 amide bonds. The molecule has 0 saturated heterocycles. The molecule has 2 atom stereocenters.